The van der Waals surface area contributed by atoms with E-state index in [9.17, 15) is 4.79 Å². The zero-order valence-corrected chi connectivity index (χ0v) is 24.0. The summed E-state index contributed by atoms with van der Waals surface area (Å²) in [4.78, 5) is 24.6. The van der Waals surface area contributed by atoms with Crippen LogP contribution >= 0.6 is 0 Å². The Morgan fingerprint density at radius 2 is 1.59 bits per heavy atom. The van der Waals surface area contributed by atoms with E-state index in [-0.39, 0.29) is 12.1 Å². The van der Waals surface area contributed by atoms with Crippen LogP contribution in [-0.4, -0.2) is 72.2 Å². The number of amides is 2. The highest BCUT2D eigenvalue weighted by molar-refractivity contribution is 5.99. The minimum absolute atomic E-state index is 0.267. The summed E-state index contributed by atoms with van der Waals surface area (Å²) < 4.78 is 5.91. The van der Waals surface area contributed by atoms with E-state index in [1.54, 1.807) is 6.20 Å². The summed E-state index contributed by atoms with van der Waals surface area (Å²) in [7, 11) is 2.31. The molecule has 3 aliphatic rings. The second-order valence-electron chi connectivity index (χ2n) is 11.8. The lowest BCUT2D eigenvalue weighted by atomic mass is 10.1. The molecule has 216 valence electrons. The van der Waals surface area contributed by atoms with Gasteiger partial charge in [-0.1, -0.05) is 30.3 Å². The van der Waals surface area contributed by atoms with Gasteiger partial charge in [-0.25, -0.2) is 9.78 Å². The van der Waals surface area contributed by atoms with Crippen LogP contribution in [-0.2, 0) is 6.54 Å². The molecule has 8 heteroatoms. The second-order valence-corrected chi connectivity index (χ2v) is 11.8. The maximum atomic E-state index is 12.6. The number of ether oxygens (including phenoxy) is 1. The van der Waals surface area contributed by atoms with Crippen molar-refractivity contribution in [2.24, 2.45) is 0 Å². The van der Waals surface area contributed by atoms with E-state index in [0.717, 1.165) is 44.7 Å². The molecule has 2 atom stereocenters. The fourth-order valence-corrected chi connectivity index (χ4v) is 6.49. The van der Waals surface area contributed by atoms with Crippen LogP contribution in [0.3, 0.4) is 0 Å². The number of urea groups is 1. The molecule has 3 fully saturated rings. The van der Waals surface area contributed by atoms with Crippen LogP contribution in [0.5, 0.6) is 5.88 Å². The first kappa shape index (κ1) is 27.5. The van der Waals surface area contributed by atoms with Gasteiger partial charge >= 0.3 is 6.03 Å². The van der Waals surface area contributed by atoms with Gasteiger partial charge in [0.2, 0.25) is 5.88 Å². The quantitative estimate of drug-likeness (QED) is 0.347. The van der Waals surface area contributed by atoms with Crippen LogP contribution in [0.1, 0.15) is 44.1 Å². The summed E-state index contributed by atoms with van der Waals surface area (Å²) in [5, 5.41) is 5.78. The molecule has 0 bridgehead atoms. The largest absolute Gasteiger partial charge is 0.474 e. The standard InChI is InChI=1S/C33H42N6O2/c1-37(29-17-19-38(23-29)22-25-7-3-2-4-8-25)30-18-20-39(24-30)28-14-11-26(12-15-28)35-33(40)36-27-13-16-32(34-21-27)41-31-9-5-6-10-31/h2-4,7-8,11-16,21,29-31H,5-6,9-10,17-20,22-24H2,1H3,(H2,35,36,40). The van der Waals surface area contributed by atoms with Gasteiger partial charge in [0.1, 0.15) is 6.10 Å². The van der Waals surface area contributed by atoms with Crippen LogP contribution in [0.4, 0.5) is 21.9 Å². The summed E-state index contributed by atoms with van der Waals surface area (Å²) in [6.07, 6.45) is 8.93. The first-order valence-electron chi connectivity index (χ1n) is 15.1. The lowest BCUT2D eigenvalue weighted by molar-refractivity contribution is 0.180. The number of nitrogens with zero attached hydrogens (tertiary/aromatic N) is 4. The molecule has 1 aliphatic carbocycles. The predicted molar refractivity (Wildman–Crippen MR) is 165 cm³/mol. The van der Waals surface area contributed by atoms with Gasteiger partial charge in [-0.3, -0.25) is 9.80 Å². The molecule has 2 aromatic carbocycles. The van der Waals surface area contributed by atoms with Gasteiger partial charge in [0.05, 0.1) is 11.9 Å². The number of hydrogen-bond donors (Lipinski definition) is 2. The molecule has 8 nitrogen and oxygen atoms in total. The Labute approximate surface area is 243 Å². The molecule has 0 spiro atoms. The number of hydrogen-bond acceptors (Lipinski definition) is 6. The minimum Gasteiger partial charge on any atom is -0.474 e. The van der Waals surface area contributed by atoms with E-state index in [0.29, 0.717) is 23.7 Å². The van der Waals surface area contributed by atoms with E-state index in [4.69, 9.17) is 4.74 Å². The van der Waals surface area contributed by atoms with Crippen LogP contribution in [0.2, 0.25) is 0 Å². The van der Waals surface area contributed by atoms with Crippen molar-refractivity contribution < 1.29 is 9.53 Å². The average Bonchev–Trinajstić information content (AvgIpc) is 3.78. The monoisotopic (exact) mass is 554 g/mol. The van der Waals surface area contributed by atoms with E-state index >= 15 is 0 Å². The smallest absolute Gasteiger partial charge is 0.323 e. The Balaban J connectivity index is 0.948. The van der Waals surface area contributed by atoms with Gasteiger partial charge in [0.25, 0.3) is 0 Å². The molecule has 1 saturated carbocycles. The van der Waals surface area contributed by atoms with Crippen molar-refractivity contribution in [1.82, 2.24) is 14.8 Å². The van der Waals surface area contributed by atoms with E-state index < -0.39 is 0 Å². The lowest BCUT2D eigenvalue weighted by Crippen LogP contribution is -2.43. The molecule has 2 amide bonds. The molecule has 6 rings (SSSR count). The fourth-order valence-electron chi connectivity index (χ4n) is 6.49. The topological polar surface area (TPSA) is 73.0 Å². The highest BCUT2D eigenvalue weighted by Gasteiger charge is 2.33. The molecule has 2 unspecified atom stereocenters. The Kier molecular flexibility index (Phi) is 8.68. The van der Waals surface area contributed by atoms with Gasteiger partial charge in [-0.15, -0.1) is 0 Å². The van der Waals surface area contributed by atoms with Crippen LogP contribution in [0, 0.1) is 0 Å². The molecular weight excluding hydrogens is 512 g/mol. The highest BCUT2D eigenvalue weighted by Crippen LogP contribution is 2.28. The number of nitrogens with one attached hydrogen (secondary N) is 2. The number of likely N-dealkylation sites (tertiary alicyclic amines) is 1. The minimum atomic E-state index is -0.287. The van der Waals surface area contributed by atoms with Gasteiger partial charge in [-0.2, -0.15) is 0 Å². The molecule has 2 aliphatic heterocycles. The molecular formula is C33H42N6O2. The van der Waals surface area contributed by atoms with Crippen molar-refractivity contribution in [3.05, 3.63) is 78.5 Å². The van der Waals surface area contributed by atoms with Crippen molar-refractivity contribution >= 4 is 23.1 Å². The third-order valence-corrected chi connectivity index (χ3v) is 8.89. The van der Waals surface area contributed by atoms with Crippen molar-refractivity contribution in [3.8, 4) is 5.88 Å². The number of pyridine rings is 1. The van der Waals surface area contributed by atoms with Gasteiger partial charge in [0.15, 0.2) is 0 Å². The number of likely N-dealkylation sites (N-methyl/N-ethyl adjacent to an activating group) is 1. The summed E-state index contributed by atoms with van der Waals surface area (Å²) >= 11 is 0. The zero-order chi connectivity index (χ0) is 28.0. The third-order valence-electron chi connectivity index (χ3n) is 8.89. The normalized spacial score (nSPS) is 21.5. The van der Waals surface area contributed by atoms with E-state index in [1.165, 1.54) is 43.5 Å². The Morgan fingerprint density at radius 3 is 2.34 bits per heavy atom. The first-order valence-corrected chi connectivity index (χ1v) is 15.1. The summed E-state index contributed by atoms with van der Waals surface area (Å²) in [6, 6.07) is 23.5. The summed E-state index contributed by atoms with van der Waals surface area (Å²) in [6.45, 7) is 5.43. The summed E-state index contributed by atoms with van der Waals surface area (Å²) in [5.41, 5.74) is 3.99. The van der Waals surface area contributed by atoms with Gasteiger partial charge in [-0.05, 0) is 81.5 Å². The molecule has 1 aromatic heterocycles. The molecule has 41 heavy (non-hydrogen) atoms. The van der Waals surface area contributed by atoms with Gasteiger partial charge < -0.3 is 20.3 Å². The number of carbonyl (C=O) groups is 1. The Morgan fingerprint density at radius 1 is 0.878 bits per heavy atom. The predicted octanol–water partition coefficient (Wildman–Crippen LogP) is 5.83. The number of anilines is 3. The number of carbonyl (C=O) groups excluding carboxylic acids is 1. The van der Waals surface area contributed by atoms with Crippen LogP contribution in [0.25, 0.3) is 0 Å². The van der Waals surface area contributed by atoms with E-state index in [1.807, 2.05) is 24.3 Å². The third kappa shape index (κ3) is 7.18. The van der Waals surface area contributed by atoms with E-state index in [2.05, 4.69) is 79.8 Å². The first-order chi connectivity index (χ1) is 20.1. The Hall–Kier alpha value is -3.62. The lowest BCUT2D eigenvalue weighted by Gasteiger charge is -2.31. The second kappa shape index (κ2) is 12.9. The van der Waals surface area contributed by atoms with Crippen molar-refractivity contribution in [2.45, 2.75) is 63.3 Å². The molecule has 2 N–H and O–H groups in total. The highest BCUT2D eigenvalue weighted by atomic mass is 16.5. The van der Waals surface area contributed by atoms with Crippen molar-refractivity contribution in [1.29, 1.82) is 0 Å². The molecule has 0 radical (unpaired) electrons. The zero-order valence-electron chi connectivity index (χ0n) is 24.0. The Bertz CT molecular complexity index is 1260. The van der Waals surface area contributed by atoms with Crippen LogP contribution < -0.4 is 20.3 Å². The van der Waals surface area contributed by atoms with Crippen molar-refractivity contribution in [2.75, 3.05) is 48.8 Å². The fraction of sp³-hybridized carbons (Fsp3) is 0.455. The number of benzene rings is 2. The molecule has 3 heterocycles. The maximum Gasteiger partial charge on any atom is 0.323 e. The summed E-state index contributed by atoms with van der Waals surface area (Å²) in [5.74, 6) is 0.613. The number of rotatable bonds is 9. The molecule has 2 saturated heterocycles. The maximum absolute atomic E-state index is 12.6. The SMILES string of the molecule is CN(C1CCN(Cc2ccccc2)C1)C1CCN(c2ccc(NC(=O)Nc3ccc(OC4CCCC4)nc3)cc2)C1. The average molecular weight is 555 g/mol. The number of aromatic nitrogens is 1. The van der Waals surface area contributed by atoms with Gasteiger partial charge in [0, 0.05) is 62.2 Å². The van der Waals surface area contributed by atoms with Crippen LogP contribution in [0.15, 0.2) is 72.9 Å². The van der Waals surface area contributed by atoms with Crippen molar-refractivity contribution in [3.63, 3.8) is 0 Å². The molecule has 3 aromatic rings.